The van der Waals surface area contributed by atoms with Crippen molar-refractivity contribution in [1.29, 1.82) is 0 Å². The number of furan rings is 1. The predicted octanol–water partition coefficient (Wildman–Crippen LogP) is 3.26. The van der Waals surface area contributed by atoms with E-state index in [1.54, 1.807) is 0 Å². The van der Waals surface area contributed by atoms with Gasteiger partial charge in [0.25, 0.3) is 0 Å². The van der Waals surface area contributed by atoms with Gasteiger partial charge in [-0.1, -0.05) is 18.2 Å². The molecule has 0 unspecified atom stereocenters. The first-order chi connectivity index (χ1) is 9.40. The van der Waals surface area contributed by atoms with Gasteiger partial charge in [-0.3, -0.25) is 0 Å². The van der Waals surface area contributed by atoms with E-state index in [1.807, 2.05) is 12.1 Å². The first-order valence-corrected chi connectivity index (χ1v) is 7.22. The number of benzene rings is 1. The highest BCUT2D eigenvalue weighted by Crippen LogP contribution is 2.42. The maximum Gasteiger partial charge on any atom is 0.134 e. The molecule has 2 aliphatic rings. The van der Waals surface area contributed by atoms with Gasteiger partial charge < -0.3 is 14.5 Å². The van der Waals surface area contributed by atoms with Crippen molar-refractivity contribution in [2.24, 2.45) is 5.92 Å². The van der Waals surface area contributed by atoms with E-state index in [2.05, 4.69) is 23.5 Å². The number of hydrogen-bond donors (Lipinski definition) is 1. The Kier molecular flexibility index (Phi) is 2.82. The third kappa shape index (κ3) is 2.28. The van der Waals surface area contributed by atoms with Crippen LogP contribution in [0.5, 0.6) is 0 Å². The molecule has 4 rings (SSSR count). The number of ether oxygens (including phenoxy) is 1. The normalized spacial score (nSPS) is 24.9. The average Bonchev–Trinajstić information content (AvgIpc) is 2.99. The van der Waals surface area contributed by atoms with E-state index in [4.69, 9.17) is 9.15 Å². The van der Waals surface area contributed by atoms with Gasteiger partial charge in [0.2, 0.25) is 0 Å². The van der Waals surface area contributed by atoms with Gasteiger partial charge in [-0.2, -0.15) is 0 Å². The van der Waals surface area contributed by atoms with Gasteiger partial charge in [-0.25, -0.2) is 0 Å². The smallest absolute Gasteiger partial charge is 0.134 e. The maximum absolute atomic E-state index is 6.04. The van der Waals surface area contributed by atoms with Crippen molar-refractivity contribution < 1.29 is 9.15 Å². The highest BCUT2D eigenvalue weighted by Gasteiger charge is 2.36. The van der Waals surface area contributed by atoms with Gasteiger partial charge in [-0.15, -0.1) is 0 Å². The van der Waals surface area contributed by atoms with Gasteiger partial charge in [0.15, 0.2) is 0 Å². The molecule has 19 heavy (non-hydrogen) atoms. The fourth-order valence-electron chi connectivity index (χ4n) is 2.96. The Balaban J connectivity index is 1.61. The number of para-hydroxylation sites is 1. The third-order valence-electron chi connectivity index (χ3n) is 4.19. The molecule has 2 atom stereocenters. The first-order valence-electron chi connectivity index (χ1n) is 7.22. The SMILES string of the molecule is c1ccc2oc([C@H](N[C@@H]3CCOC3)C3CC3)cc2c1. The largest absolute Gasteiger partial charge is 0.459 e. The van der Waals surface area contributed by atoms with Crippen LogP contribution in [0.15, 0.2) is 34.7 Å². The Morgan fingerprint density at radius 2 is 2.05 bits per heavy atom. The molecular weight excluding hydrogens is 238 g/mol. The summed E-state index contributed by atoms with van der Waals surface area (Å²) in [5, 5.41) is 4.94. The summed E-state index contributed by atoms with van der Waals surface area (Å²) in [7, 11) is 0. The monoisotopic (exact) mass is 257 g/mol. The van der Waals surface area contributed by atoms with Crippen LogP contribution in [0.3, 0.4) is 0 Å². The molecule has 2 fully saturated rings. The number of fused-ring (bicyclic) bond motifs is 1. The Hall–Kier alpha value is -1.32. The standard InChI is InChI=1S/C16H19NO2/c1-2-4-14-12(3-1)9-15(19-14)16(11-5-6-11)17-13-7-8-18-10-13/h1-4,9,11,13,16-17H,5-8,10H2/t13-,16-/m1/s1. The van der Waals surface area contributed by atoms with Crippen molar-refractivity contribution >= 4 is 11.0 Å². The first kappa shape index (κ1) is 11.5. The molecule has 0 spiro atoms. The fraction of sp³-hybridized carbons (Fsp3) is 0.500. The summed E-state index contributed by atoms with van der Waals surface area (Å²) in [6.45, 7) is 1.72. The summed E-state index contributed by atoms with van der Waals surface area (Å²) in [6, 6.07) is 11.3. The minimum Gasteiger partial charge on any atom is -0.459 e. The molecule has 0 amide bonds. The minimum atomic E-state index is 0.360. The zero-order valence-electron chi connectivity index (χ0n) is 11.0. The molecule has 0 bridgehead atoms. The summed E-state index contributed by atoms with van der Waals surface area (Å²) in [5.74, 6) is 1.83. The summed E-state index contributed by atoms with van der Waals surface area (Å²) in [5.41, 5.74) is 0.993. The van der Waals surface area contributed by atoms with Gasteiger partial charge in [-0.05, 0) is 37.3 Å². The van der Waals surface area contributed by atoms with Crippen LogP contribution in [-0.2, 0) is 4.74 Å². The Morgan fingerprint density at radius 3 is 2.79 bits per heavy atom. The van der Waals surface area contributed by atoms with Gasteiger partial charge in [0.1, 0.15) is 11.3 Å². The van der Waals surface area contributed by atoms with Crippen LogP contribution < -0.4 is 5.32 Å². The molecular formula is C16H19NO2. The van der Waals surface area contributed by atoms with Crippen molar-refractivity contribution in [3.05, 3.63) is 36.1 Å². The van der Waals surface area contributed by atoms with Crippen LogP contribution in [0.2, 0.25) is 0 Å². The van der Waals surface area contributed by atoms with Gasteiger partial charge in [0, 0.05) is 18.0 Å². The second-order valence-corrected chi connectivity index (χ2v) is 5.73. The van der Waals surface area contributed by atoms with Crippen LogP contribution >= 0.6 is 0 Å². The predicted molar refractivity (Wildman–Crippen MR) is 74.0 cm³/mol. The minimum absolute atomic E-state index is 0.360. The highest BCUT2D eigenvalue weighted by atomic mass is 16.5. The topological polar surface area (TPSA) is 34.4 Å². The summed E-state index contributed by atoms with van der Waals surface area (Å²) >= 11 is 0. The number of hydrogen-bond acceptors (Lipinski definition) is 3. The molecule has 100 valence electrons. The van der Waals surface area contributed by atoms with Crippen molar-refractivity contribution in [1.82, 2.24) is 5.32 Å². The molecule has 2 heterocycles. The van der Waals surface area contributed by atoms with E-state index < -0.39 is 0 Å². The van der Waals surface area contributed by atoms with E-state index in [0.717, 1.165) is 36.9 Å². The van der Waals surface area contributed by atoms with Crippen molar-refractivity contribution in [3.8, 4) is 0 Å². The van der Waals surface area contributed by atoms with E-state index in [9.17, 15) is 0 Å². The van der Waals surface area contributed by atoms with Gasteiger partial charge >= 0.3 is 0 Å². The third-order valence-corrected chi connectivity index (χ3v) is 4.19. The Labute approximate surface area is 112 Å². The van der Waals surface area contributed by atoms with Crippen LogP contribution in [0.25, 0.3) is 11.0 Å². The molecule has 2 aromatic rings. The Morgan fingerprint density at radius 1 is 1.16 bits per heavy atom. The summed E-state index contributed by atoms with van der Waals surface area (Å²) in [4.78, 5) is 0. The van der Waals surface area contributed by atoms with E-state index in [0.29, 0.717) is 12.1 Å². The average molecular weight is 257 g/mol. The van der Waals surface area contributed by atoms with E-state index in [1.165, 1.54) is 18.2 Å². The van der Waals surface area contributed by atoms with E-state index in [-0.39, 0.29) is 0 Å². The lowest BCUT2D eigenvalue weighted by Crippen LogP contribution is -2.34. The van der Waals surface area contributed by atoms with Crippen molar-refractivity contribution in [2.75, 3.05) is 13.2 Å². The second kappa shape index (κ2) is 4.66. The van der Waals surface area contributed by atoms with Crippen LogP contribution in [-0.4, -0.2) is 19.3 Å². The van der Waals surface area contributed by atoms with Crippen LogP contribution in [0, 0.1) is 5.92 Å². The molecule has 1 N–H and O–H groups in total. The lowest BCUT2D eigenvalue weighted by Gasteiger charge is -2.20. The summed E-state index contributed by atoms with van der Waals surface area (Å²) in [6.07, 6.45) is 3.73. The molecule has 1 aliphatic heterocycles. The molecule has 3 heteroatoms. The lowest BCUT2D eigenvalue weighted by atomic mass is 10.1. The quantitative estimate of drug-likeness (QED) is 0.913. The number of rotatable bonds is 4. The van der Waals surface area contributed by atoms with Gasteiger partial charge in [0.05, 0.1) is 12.6 Å². The zero-order valence-corrected chi connectivity index (χ0v) is 11.0. The lowest BCUT2D eigenvalue weighted by molar-refractivity contribution is 0.186. The maximum atomic E-state index is 6.04. The van der Waals surface area contributed by atoms with Crippen molar-refractivity contribution in [3.63, 3.8) is 0 Å². The molecule has 1 aliphatic carbocycles. The molecule has 3 nitrogen and oxygen atoms in total. The molecule has 1 aromatic heterocycles. The molecule has 1 saturated heterocycles. The molecule has 1 saturated carbocycles. The fourth-order valence-corrected chi connectivity index (χ4v) is 2.96. The second-order valence-electron chi connectivity index (χ2n) is 5.73. The molecule has 0 radical (unpaired) electrons. The molecule has 1 aromatic carbocycles. The highest BCUT2D eigenvalue weighted by molar-refractivity contribution is 5.77. The van der Waals surface area contributed by atoms with Crippen molar-refractivity contribution in [2.45, 2.75) is 31.3 Å². The van der Waals surface area contributed by atoms with Crippen LogP contribution in [0.1, 0.15) is 31.1 Å². The Bertz CT molecular complexity index is 534. The van der Waals surface area contributed by atoms with E-state index >= 15 is 0 Å². The zero-order chi connectivity index (χ0) is 12.7. The van der Waals surface area contributed by atoms with Crippen LogP contribution in [0.4, 0.5) is 0 Å². The number of nitrogens with one attached hydrogen (secondary N) is 1. The summed E-state index contributed by atoms with van der Waals surface area (Å²) < 4.78 is 11.5.